The fourth-order valence-electron chi connectivity index (χ4n) is 3.15. The van der Waals surface area contributed by atoms with Crippen LogP contribution in [0.4, 0.5) is 0 Å². The molecule has 0 aliphatic rings. The number of carboxylic acids is 1. The SMILES string of the molecule is COc1ccccc1Cc1nc2sc(C)c(C)c2c(=O)n1C(C)(C)C(=O)O. The molecule has 1 N–H and O–H groups in total. The Hall–Kier alpha value is -2.67. The molecule has 0 saturated heterocycles. The van der Waals surface area contributed by atoms with E-state index < -0.39 is 11.5 Å². The van der Waals surface area contributed by atoms with Gasteiger partial charge in [0.2, 0.25) is 0 Å². The molecule has 3 aromatic rings. The number of aromatic nitrogens is 2. The number of benzene rings is 1. The van der Waals surface area contributed by atoms with Gasteiger partial charge in [0.15, 0.2) is 0 Å². The van der Waals surface area contributed by atoms with Crippen LogP contribution in [0.1, 0.15) is 35.7 Å². The minimum atomic E-state index is -1.43. The number of ether oxygens (including phenoxy) is 1. The average Bonchev–Trinajstić information content (AvgIpc) is 2.89. The maximum Gasteiger partial charge on any atom is 0.329 e. The molecule has 2 heterocycles. The lowest BCUT2D eigenvalue weighted by molar-refractivity contribution is -0.146. The first kappa shape index (κ1) is 19.1. The molecular formula is C20H22N2O4S. The first-order valence-corrected chi connectivity index (χ1v) is 9.37. The topological polar surface area (TPSA) is 81.4 Å². The van der Waals surface area contributed by atoms with Gasteiger partial charge in [0.25, 0.3) is 5.56 Å². The van der Waals surface area contributed by atoms with Crippen molar-refractivity contribution in [2.45, 2.75) is 39.7 Å². The molecule has 1 aromatic carbocycles. The molecule has 0 bridgehead atoms. The van der Waals surface area contributed by atoms with E-state index >= 15 is 0 Å². The summed E-state index contributed by atoms with van der Waals surface area (Å²) in [6, 6.07) is 7.45. The molecular weight excluding hydrogens is 364 g/mol. The standard InChI is InChI=1S/C20H22N2O4S/c1-11-12(2)27-17-16(11)18(23)22(20(3,4)19(24)25)15(21-17)10-13-8-6-7-9-14(13)26-5/h6-9H,10H2,1-5H3,(H,24,25). The molecule has 142 valence electrons. The third-order valence-electron chi connectivity index (χ3n) is 4.90. The van der Waals surface area contributed by atoms with Gasteiger partial charge >= 0.3 is 5.97 Å². The summed E-state index contributed by atoms with van der Waals surface area (Å²) in [4.78, 5) is 31.6. The summed E-state index contributed by atoms with van der Waals surface area (Å²) in [5.41, 5.74) is -0.0608. The lowest BCUT2D eigenvalue weighted by Gasteiger charge is -2.26. The fourth-order valence-corrected chi connectivity index (χ4v) is 4.18. The highest BCUT2D eigenvalue weighted by molar-refractivity contribution is 7.18. The van der Waals surface area contributed by atoms with Gasteiger partial charge in [-0.2, -0.15) is 0 Å². The van der Waals surface area contributed by atoms with Crippen molar-refractivity contribution in [1.82, 2.24) is 9.55 Å². The molecule has 0 amide bonds. The third kappa shape index (κ3) is 3.12. The second kappa shape index (κ2) is 6.81. The number of thiophene rings is 1. The van der Waals surface area contributed by atoms with Crippen molar-refractivity contribution in [3.05, 3.63) is 56.4 Å². The number of nitrogens with zero attached hydrogens (tertiary/aromatic N) is 2. The monoisotopic (exact) mass is 386 g/mol. The third-order valence-corrected chi connectivity index (χ3v) is 6.00. The van der Waals surface area contributed by atoms with E-state index in [1.165, 1.54) is 29.8 Å². The van der Waals surface area contributed by atoms with Crippen LogP contribution in [0.2, 0.25) is 0 Å². The summed E-state index contributed by atoms with van der Waals surface area (Å²) in [6.45, 7) is 6.85. The van der Waals surface area contributed by atoms with Gasteiger partial charge < -0.3 is 9.84 Å². The number of hydrogen-bond acceptors (Lipinski definition) is 5. The number of aryl methyl sites for hydroxylation is 2. The minimum absolute atomic E-state index is 0.294. The smallest absolute Gasteiger partial charge is 0.329 e. The highest BCUT2D eigenvalue weighted by Crippen LogP contribution is 2.29. The Kier molecular flexibility index (Phi) is 4.82. The Morgan fingerprint density at radius 3 is 2.59 bits per heavy atom. The van der Waals surface area contributed by atoms with Crippen LogP contribution in [0.15, 0.2) is 29.1 Å². The van der Waals surface area contributed by atoms with E-state index in [4.69, 9.17) is 9.72 Å². The Morgan fingerprint density at radius 2 is 1.96 bits per heavy atom. The van der Waals surface area contributed by atoms with Crippen LogP contribution in [0, 0.1) is 13.8 Å². The fraction of sp³-hybridized carbons (Fsp3) is 0.350. The first-order valence-electron chi connectivity index (χ1n) is 8.55. The lowest BCUT2D eigenvalue weighted by atomic mass is 10.0. The molecule has 2 aromatic heterocycles. The van der Waals surface area contributed by atoms with Gasteiger partial charge in [-0.15, -0.1) is 11.3 Å². The van der Waals surface area contributed by atoms with Gasteiger partial charge in [0.05, 0.1) is 12.5 Å². The summed E-state index contributed by atoms with van der Waals surface area (Å²) in [5.74, 6) is -0.00708. The van der Waals surface area contributed by atoms with Crippen molar-refractivity contribution in [3.8, 4) is 5.75 Å². The van der Waals surface area contributed by atoms with Crippen molar-refractivity contribution in [2.75, 3.05) is 7.11 Å². The van der Waals surface area contributed by atoms with Crippen LogP contribution < -0.4 is 10.3 Å². The Balaban J connectivity index is 2.33. The predicted molar refractivity (Wildman–Crippen MR) is 106 cm³/mol. The number of carboxylic acid groups (broad SMARTS) is 1. The summed E-state index contributed by atoms with van der Waals surface area (Å²) in [5, 5.41) is 10.2. The van der Waals surface area contributed by atoms with Crippen LogP contribution in [-0.4, -0.2) is 27.7 Å². The van der Waals surface area contributed by atoms with E-state index in [9.17, 15) is 14.7 Å². The average molecular weight is 386 g/mol. The van der Waals surface area contributed by atoms with Gasteiger partial charge in [-0.05, 0) is 39.3 Å². The van der Waals surface area contributed by atoms with Crippen LogP contribution >= 0.6 is 11.3 Å². The molecule has 3 rings (SSSR count). The second-order valence-corrected chi connectivity index (χ2v) is 8.19. The van der Waals surface area contributed by atoms with Crippen LogP contribution in [0.3, 0.4) is 0 Å². The maximum atomic E-state index is 13.3. The van der Waals surface area contributed by atoms with Gasteiger partial charge in [-0.25, -0.2) is 9.78 Å². The van der Waals surface area contributed by atoms with Crippen LogP contribution in [0.25, 0.3) is 10.2 Å². The molecule has 0 atom stereocenters. The van der Waals surface area contributed by atoms with Gasteiger partial charge in [0, 0.05) is 16.9 Å². The van der Waals surface area contributed by atoms with Crippen LogP contribution in [-0.2, 0) is 16.8 Å². The van der Waals surface area contributed by atoms with Crippen molar-refractivity contribution in [2.24, 2.45) is 0 Å². The molecule has 0 spiro atoms. The van der Waals surface area contributed by atoms with E-state index in [0.717, 1.165) is 16.0 Å². The molecule has 0 aliphatic heterocycles. The van der Waals surface area contributed by atoms with Crippen LogP contribution in [0.5, 0.6) is 5.75 Å². The summed E-state index contributed by atoms with van der Waals surface area (Å²) in [6.07, 6.45) is 0.294. The molecule has 0 fully saturated rings. The zero-order valence-corrected chi connectivity index (χ0v) is 16.8. The maximum absolute atomic E-state index is 13.3. The van der Waals surface area contributed by atoms with E-state index in [1.54, 1.807) is 7.11 Å². The normalized spacial score (nSPS) is 11.7. The van der Waals surface area contributed by atoms with E-state index in [-0.39, 0.29) is 5.56 Å². The molecule has 7 heteroatoms. The number of methoxy groups -OCH3 is 1. The number of fused-ring (bicyclic) bond motifs is 1. The molecule has 0 unspecified atom stereocenters. The quantitative estimate of drug-likeness (QED) is 0.726. The molecule has 6 nitrogen and oxygen atoms in total. The number of para-hydroxylation sites is 1. The number of carbonyl (C=O) groups is 1. The van der Waals surface area contributed by atoms with Crippen molar-refractivity contribution in [1.29, 1.82) is 0 Å². The molecule has 0 radical (unpaired) electrons. The molecule has 0 aliphatic carbocycles. The number of hydrogen-bond donors (Lipinski definition) is 1. The minimum Gasteiger partial charge on any atom is -0.496 e. The summed E-state index contributed by atoms with van der Waals surface area (Å²) < 4.78 is 6.71. The number of aliphatic carboxylic acids is 1. The van der Waals surface area contributed by atoms with Crippen molar-refractivity contribution >= 4 is 27.5 Å². The lowest BCUT2D eigenvalue weighted by Crippen LogP contribution is -2.45. The summed E-state index contributed by atoms with van der Waals surface area (Å²) in [7, 11) is 1.58. The zero-order valence-electron chi connectivity index (χ0n) is 16.0. The summed E-state index contributed by atoms with van der Waals surface area (Å²) >= 11 is 1.45. The van der Waals surface area contributed by atoms with E-state index in [0.29, 0.717) is 28.2 Å². The highest BCUT2D eigenvalue weighted by Gasteiger charge is 2.34. The van der Waals surface area contributed by atoms with Gasteiger partial charge in [-0.1, -0.05) is 18.2 Å². The Labute approximate surface area is 161 Å². The Bertz CT molecular complexity index is 1100. The largest absolute Gasteiger partial charge is 0.496 e. The van der Waals surface area contributed by atoms with Crippen molar-refractivity contribution in [3.63, 3.8) is 0 Å². The van der Waals surface area contributed by atoms with Crippen molar-refractivity contribution < 1.29 is 14.6 Å². The van der Waals surface area contributed by atoms with E-state index in [1.807, 2.05) is 38.1 Å². The van der Waals surface area contributed by atoms with E-state index in [2.05, 4.69) is 0 Å². The predicted octanol–water partition coefficient (Wildman–Crippen LogP) is 3.49. The Morgan fingerprint density at radius 1 is 1.30 bits per heavy atom. The first-order chi connectivity index (χ1) is 12.7. The number of rotatable bonds is 5. The zero-order chi connectivity index (χ0) is 19.9. The molecule has 0 saturated carbocycles. The molecule has 27 heavy (non-hydrogen) atoms. The second-order valence-electron chi connectivity index (χ2n) is 6.98. The highest BCUT2D eigenvalue weighted by atomic mass is 32.1. The van der Waals surface area contributed by atoms with Gasteiger partial charge in [0.1, 0.15) is 21.9 Å². The van der Waals surface area contributed by atoms with Gasteiger partial charge in [-0.3, -0.25) is 9.36 Å².